The number of phenolic OH excluding ortho intramolecular Hbond substituents is 1. The molecule has 0 unspecified atom stereocenters. The van der Waals surface area contributed by atoms with E-state index in [1.165, 1.54) is 12.1 Å². The molecule has 6 heteroatoms. The van der Waals surface area contributed by atoms with Crippen molar-refractivity contribution in [1.82, 2.24) is 5.32 Å². The summed E-state index contributed by atoms with van der Waals surface area (Å²) in [5.41, 5.74) is 0.754. The van der Waals surface area contributed by atoms with Gasteiger partial charge >= 0.3 is 5.97 Å². The standard InChI is InChI=1S/C13H14NO5/c15-8-10(14-12(17)5-6-13(18)19)7-9-1-3-11(16)4-2-9/h1-4,10,16H,5-7H2,(H,14,17)(H,18,19)/t10-/m0/s1. The number of rotatable bonds is 7. The van der Waals surface area contributed by atoms with Gasteiger partial charge in [0.1, 0.15) is 5.75 Å². The zero-order valence-corrected chi connectivity index (χ0v) is 10.1. The molecule has 19 heavy (non-hydrogen) atoms. The van der Waals surface area contributed by atoms with E-state index in [4.69, 9.17) is 10.2 Å². The molecule has 1 amide bonds. The molecule has 0 saturated carbocycles. The summed E-state index contributed by atoms with van der Waals surface area (Å²) in [5.74, 6) is -1.46. The largest absolute Gasteiger partial charge is 0.508 e. The van der Waals surface area contributed by atoms with Gasteiger partial charge in [-0.3, -0.25) is 14.4 Å². The van der Waals surface area contributed by atoms with Gasteiger partial charge in [-0.15, -0.1) is 0 Å². The molecule has 1 aromatic rings. The van der Waals surface area contributed by atoms with Crippen LogP contribution in [-0.4, -0.2) is 34.4 Å². The maximum absolute atomic E-state index is 11.4. The highest BCUT2D eigenvalue weighted by Gasteiger charge is 2.14. The Balaban J connectivity index is 2.49. The Morgan fingerprint density at radius 1 is 1.21 bits per heavy atom. The fourth-order valence-corrected chi connectivity index (χ4v) is 1.48. The monoisotopic (exact) mass is 264 g/mol. The Kier molecular flexibility index (Phi) is 5.53. The van der Waals surface area contributed by atoms with Crippen molar-refractivity contribution in [3.8, 4) is 5.75 Å². The van der Waals surface area contributed by atoms with Crippen molar-refractivity contribution in [1.29, 1.82) is 0 Å². The van der Waals surface area contributed by atoms with Crippen molar-refractivity contribution >= 4 is 18.2 Å². The van der Waals surface area contributed by atoms with Crippen molar-refractivity contribution in [2.45, 2.75) is 25.3 Å². The first kappa shape index (κ1) is 14.7. The lowest BCUT2D eigenvalue weighted by atomic mass is 10.1. The van der Waals surface area contributed by atoms with E-state index in [-0.39, 0.29) is 25.0 Å². The number of carbonyl (C=O) groups is 2. The molecular weight excluding hydrogens is 250 g/mol. The van der Waals surface area contributed by atoms with Crippen LogP contribution in [0.2, 0.25) is 0 Å². The van der Waals surface area contributed by atoms with Gasteiger partial charge in [-0.05, 0) is 17.7 Å². The Hall–Kier alpha value is -2.37. The van der Waals surface area contributed by atoms with Crippen LogP contribution in [-0.2, 0) is 20.8 Å². The fraction of sp³-hybridized carbons (Fsp3) is 0.308. The maximum atomic E-state index is 11.4. The number of nitrogens with one attached hydrogen (secondary N) is 1. The van der Waals surface area contributed by atoms with Crippen LogP contribution in [0.4, 0.5) is 0 Å². The van der Waals surface area contributed by atoms with Gasteiger partial charge in [0.15, 0.2) is 0 Å². The smallest absolute Gasteiger partial charge is 0.303 e. The molecule has 0 bridgehead atoms. The molecule has 0 aliphatic carbocycles. The third-order valence-corrected chi connectivity index (χ3v) is 2.42. The van der Waals surface area contributed by atoms with E-state index < -0.39 is 17.9 Å². The van der Waals surface area contributed by atoms with Gasteiger partial charge in [0, 0.05) is 12.8 Å². The summed E-state index contributed by atoms with van der Waals surface area (Å²) in [5, 5.41) is 19.9. The van der Waals surface area contributed by atoms with Crippen LogP contribution >= 0.6 is 0 Å². The van der Waals surface area contributed by atoms with Gasteiger partial charge in [-0.2, -0.15) is 0 Å². The SMILES string of the molecule is O=[C][C@H](Cc1ccc(O)cc1)NC(=O)CCC(=O)O. The molecule has 1 rings (SSSR count). The predicted octanol–water partition coefficient (Wildman–Crippen LogP) is 0.394. The second kappa shape index (κ2) is 7.15. The predicted molar refractivity (Wildman–Crippen MR) is 66.3 cm³/mol. The average Bonchev–Trinajstić information content (AvgIpc) is 2.38. The molecule has 3 N–H and O–H groups in total. The highest BCUT2D eigenvalue weighted by atomic mass is 16.4. The lowest BCUT2D eigenvalue weighted by molar-refractivity contribution is -0.138. The number of amides is 1. The van der Waals surface area contributed by atoms with Crippen molar-refractivity contribution in [2.24, 2.45) is 0 Å². The van der Waals surface area contributed by atoms with Crippen LogP contribution in [0.3, 0.4) is 0 Å². The lowest BCUT2D eigenvalue weighted by Gasteiger charge is -2.11. The number of aromatic hydroxyl groups is 1. The molecule has 0 fully saturated rings. The highest BCUT2D eigenvalue weighted by Crippen LogP contribution is 2.11. The van der Waals surface area contributed by atoms with Crippen LogP contribution < -0.4 is 5.32 Å². The van der Waals surface area contributed by atoms with E-state index in [1.807, 2.05) is 0 Å². The number of hydrogen-bond donors (Lipinski definition) is 3. The van der Waals surface area contributed by atoms with Gasteiger partial charge in [0.2, 0.25) is 12.2 Å². The lowest BCUT2D eigenvalue weighted by Crippen LogP contribution is -2.37. The summed E-state index contributed by atoms with van der Waals surface area (Å²) in [4.78, 5) is 32.4. The van der Waals surface area contributed by atoms with E-state index in [1.54, 1.807) is 18.4 Å². The molecule has 0 aliphatic heterocycles. The molecule has 101 valence electrons. The van der Waals surface area contributed by atoms with E-state index >= 15 is 0 Å². The summed E-state index contributed by atoms with van der Waals surface area (Å²) in [6.45, 7) is 0. The normalized spacial score (nSPS) is 11.6. The third-order valence-electron chi connectivity index (χ3n) is 2.42. The third kappa shape index (κ3) is 5.67. The topological polar surface area (TPSA) is 104 Å². The summed E-state index contributed by atoms with van der Waals surface area (Å²) in [6, 6.07) is 5.38. The number of hydrogen-bond acceptors (Lipinski definition) is 4. The minimum Gasteiger partial charge on any atom is -0.508 e. The Morgan fingerprint density at radius 3 is 2.37 bits per heavy atom. The molecule has 6 nitrogen and oxygen atoms in total. The number of carboxylic acid groups (broad SMARTS) is 1. The Morgan fingerprint density at radius 2 is 1.84 bits per heavy atom. The second-order valence-electron chi connectivity index (χ2n) is 4.00. The first-order valence-corrected chi connectivity index (χ1v) is 5.68. The number of carbonyl (C=O) groups excluding carboxylic acids is 2. The fourth-order valence-electron chi connectivity index (χ4n) is 1.48. The summed E-state index contributed by atoms with van der Waals surface area (Å²) < 4.78 is 0. The summed E-state index contributed by atoms with van der Waals surface area (Å²) in [6.07, 6.45) is 1.47. The molecular formula is C13H14NO5. The van der Waals surface area contributed by atoms with E-state index in [9.17, 15) is 14.4 Å². The molecule has 0 aromatic heterocycles. The van der Waals surface area contributed by atoms with Gasteiger partial charge in [-0.25, -0.2) is 0 Å². The zero-order chi connectivity index (χ0) is 14.3. The Labute approximate surface area is 110 Å². The minimum atomic E-state index is -1.07. The molecule has 1 atom stereocenters. The maximum Gasteiger partial charge on any atom is 0.303 e. The average molecular weight is 264 g/mol. The quantitative estimate of drug-likeness (QED) is 0.661. The molecule has 0 heterocycles. The van der Waals surface area contributed by atoms with Gasteiger partial charge in [0.05, 0.1) is 12.5 Å². The first-order valence-electron chi connectivity index (χ1n) is 5.68. The van der Waals surface area contributed by atoms with E-state index in [0.29, 0.717) is 0 Å². The van der Waals surface area contributed by atoms with Gasteiger partial charge in [0.25, 0.3) is 0 Å². The van der Waals surface area contributed by atoms with Crippen molar-refractivity contribution in [2.75, 3.05) is 0 Å². The van der Waals surface area contributed by atoms with Crippen LogP contribution in [0.15, 0.2) is 24.3 Å². The van der Waals surface area contributed by atoms with Crippen molar-refractivity contribution < 1.29 is 24.6 Å². The summed E-state index contributed by atoms with van der Waals surface area (Å²) in [7, 11) is 0. The molecule has 1 radical (unpaired) electrons. The minimum absolute atomic E-state index is 0.112. The first-order chi connectivity index (χ1) is 9.01. The zero-order valence-electron chi connectivity index (χ0n) is 10.1. The van der Waals surface area contributed by atoms with Crippen LogP contribution in [0.5, 0.6) is 5.75 Å². The number of phenols is 1. The van der Waals surface area contributed by atoms with Crippen molar-refractivity contribution in [3.05, 3.63) is 29.8 Å². The molecule has 0 spiro atoms. The number of carboxylic acids is 1. The highest BCUT2D eigenvalue weighted by molar-refractivity contribution is 5.83. The van der Waals surface area contributed by atoms with Gasteiger partial charge in [-0.1, -0.05) is 12.1 Å². The van der Waals surface area contributed by atoms with Crippen LogP contribution in [0, 0.1) is 0 Å². The van der Waals surface area contributed by atoms with Crippen LogP contribution in [0.1, 0.15) is 18.4 Å². The van der Waals surface area contributed by atoms with Crippen molar-refractivity contribution in [3.63, 3.8) is 0 Å². The number of benzene rings is 1. The van der Waals surface area contributed by atoms with E-state index in [2.05, 4.69) is 5.32 Å². The molecule has 1 aromatic carbocycles. The van der Waals surface area contributed by atoms with Crippen LogP contribution in [0.25, 0.3) is 0 Å². The number of aliphatic carboxylic acids is 1. The molecule has 0 aliphatic rings. The summed E-state index contributed by atoms with van der Waals surface area (Å²) >= 11 is 0. The Bertz CT molecular complexity index is 455. The molecule has 0 saturated heterocycles. The second-order valence-corrected chi connectivity index (χ2v) is 4.00. The van der Waals surface area contributed by atoms with E-state index in [0.717, 1.165) is 5.56 Å². The van der Waals surface area contributed by atoms with Gasteiger partial charge < -0.3 is 15.5 Å².